The summed E-state index contributed by atoms with van der Waals surface area (Å²) in [7, 11) is 0. The zero-order valence-electron chi connectivity index (χ0n) is 12.2. The number of nitrogens with two attached hydrogens (primary N) is 1. The maximum absolute atomic E-state index is 10.4. The van der Waals surface area contributed by atoms with Crippen molar-refractivity contribution in [3.63, 3.8) is 0 Å². The fourth-order valence-corrected chi connectivity index (χ4v) is 2.82. The van der Waals surface area contributed by atoms with Crippen LogP contribution in [0.2, 0.25) is 0 Å². The molecule has 1 unspecified atom stereocenters. The van der Waals surface area contributed by atoms with Crippen LogP contribution in [0.5, 0.6) is 5.75 Å². The Morgan fingerprint density at radius 3 is 2.35 bits per heavy atom. The molecule has 0 bridgehead atoms. The molecule has 1 atom stereocenters. The number of aromatic nitrogens is 1. The van der Waals surface area contributed by atoms with Crippen LogP contribution >= 0.6 is 0 Å². The molecule has 3 aromatic rings. The van der Waals surface area contributed by atoms with Gasteiger partial charge in [0.25, 0.3) is 0 Å². The Kier molecular flexibility index (Phi) is 2.87. The zero-order valence-corrected chi connectivity index (χ0v) is 12.2. The molecular weight excluding hydrogens is 288 g/mol. The highest BCUT2D eigenvalue weighted by Crippen LogP contribution is 2.40. The third-order valence-electron chi connectivity index (χ3n) is 3.94. The molecule has 0 radical (unpaired) electrons. The highest BCUT2D eigenvalue weighted by atomic mass is 16.3. The van der Waals surface area contributed by atoms with E-state index in [0.29, 0.717) is 16.6 Å². The van der Waals surface area contributed by atoms with Gasteiger partial charge in [0.05, 0.1) is 11.6 Å². The standard InChI is InChI=1S/C18H14N4O/c19-13-7-5-12(6-8-13)18(14-3-1-2-4-17(14)23)21-15-9-10-20-11-16(15)22-18/h1-11,23H,19H2. The number of anilines is 1. The minimum atomic E-state index is -1.02. The number of phenols is 1. The largest absolute Gasteiger partial charge is 0.507 e. The van der Waals surface area contributed by atoms with Crippen molar-refractivity contribution in [2.45, 2.75) is 5.66 Å². The third-order valence-corrected chi connectivity index (χ3v) is 3.94. The van der Waals surface area contributed by atoms with Crippen LogP contribution in [0.25, 0.3) is 0 Å². The molecule has 112 valence electrons. The summed E-state index contributed by atoms with van der Waals surface area (Å²) in [6, 6.07) is 16.3. The second-order valence-electron chi connectivity index (χ2n) is 5.40. The van der Waals surface area contributed by atoms with E-state index in [-0.39, 0.29) is 5.75 Å². The number of para-hydroxylation sites is 1. The van der Waals surface area contributed by atoms with Gasteiger partial charge in [-0.2, -0.15) is 0 Å². The summed E-state index contributed by atoms with van der Waals surface area (Å²) in [5.41, 5.74) is 6.91. The van der Waals surface area contributed by atoms with Gasteiger partial charge in [-0.3, -0.25) is 4.98 Å². The minimum absolute atomic E-state index is 0.151. The van der Waals surface area contributed by atoms with Gasteiger partial charge in [0.2, 0.25) is 5.66 Å². The van der Waals surface area contributed by atoms with Crippen molar-refractivity contribution in [2.75, 3.05) is 5.73 Å². The number of phenolic OH excluding ortho intramolecular Hbond substituents is 1. The predicted octanol–water partition coefficient (Wildman–Crippen LogP) is 1.52. The fourth-order valence-electron chi connectivity index (χ4n) is 2.82. The van der Waals surface area contributed by atoms with E-state index in [9.17, 15) is 5.11 Å². The Morgan fingerprint density at radius 1 is 0.870 bits per heavy atom. The monoisotopic (exact) mass is 302 g/mol. The Hall–Kier alpha value is -3.21. The lowest BCUT2D eigenvalue weighted by Crippen LogP contribution is -2.22. The first kappa shape index (κ1) is 13.5. The maximum atomic E-state index is 10.4. The van der Waals surface area contributed by atoms with Crippen molar-refractivity contribution in [1.29, 1.82) is 0 Å². The number of fused-ring (bicyclic) bond motifs is 1. The Labute approximate surface area is 132 Å². The van der Waals surface area contributed by atoms with Gasteiger partial charge >= 0.3 is 0 Å². The molecule has 0 amide bonds. The maximum Gasteiger partial charge on any atom is 0.206 e. The SMILES string of the molecule is Nc1ccc(C2(c3ccccc3O)N=c3ccncc3=N2)cc1. The number of nitrogen functional groups attached to an aromatic ring is 1. The van der Waals surface area contributed by atoms with Crippen molar-refractivity contribution < 1.29 is 5.11 Å². The lowest BCUT2D eigenvalue weighted by molar-refractivity contribution is 0.444. The first-order chi connectivity index (χ1) is 11.2. The Morgan fingerprint density at radius 2 is 1.61 bits per heavy atom. The lowest BCUT2D eigenvalue weighted by Gasteiger charge is -2.25. The zero-order chi connectivity index (χ0) is 15.9. The lowest BCUT2D eigenvalue weighted by atomic mass is 9.91. The molecule has 4 rings (SSSR count). The van der Waals surface area contributed by atoms with E-state index >= 15 is 0 Å². The molecular formula is C18H14N4O. The van der Waals surface area contributed by atoms with Gasteiger partial charge in [-0.25, -0.2) is 9.98 Å². The number of pyridine rings is 1. The molecule has 0 spiro atoms. The van der Waals surface area contributed by atoms with E-state index in [1.165, 1.54) is 0 Å². The van der Waals surface area contributed by atoms with Crippen molar-refractivity contribution in [1.82, 2.24) is 4.98 Å². The van der Waals surface area contributed by atoms with Crippen molar-refractivity contribution >= 4 is 5.69 Å². The molecule has 23 heavy (non-hydrogen) atoms. The summed E-state index contributed by atoms with van der Waals surface area (Å²) in [5, 5.41) is 11.8. The molecule has 5 heteroatoms. The van der Waals surface area contributed by atoms with Crippen molar-refractivity contribution in [3.8, 4) is 5.75 Å². The number of rotatable bonds is 2. The average molecular weight is 302 g/mol. The van der Waals surface area contributed by atoms with Crippen LogP contribution in [-0.4, -0.2) is 10.1 Å². The van der Waals surface area contributed by atoms with Crippen LogP contribution in [-0.2, 0) is 5.66 Å². The van der Waals surface area contributed by atoms with Gasteiger partial charge in [0, 0.05) is 23.0 Å². The Balaban J connectivity index is 2.06. The predicted molar refractivity (Wildman–Crippen MR) is 86.3 cm³/mol. The first-order valence-electron chi connectivity index (χ1n) is 7.23. The summed E-state index contributed by atoms with van der Waals surface area (Å²) >= 11 is 0. The highest BCUT2D eigenvalue weighted by Gasteiger charge is 2.37. The summed E-state index contributed by atoms with van der Waals surface area (Å²) in [4.78, 5) is 13.7. The van der Waals surface area contributed by atoms with Gasteiger partial charge < -0.3 is 10.8 Å². The number of benzene rings is 2. The first-order valence-corrected chi connectivity index (χ1v) is 7.23. The van der Waals surface area contributed by atoms with Gasteiger partial charge in [0.1, 0.15) is 11.1 Å². The van der Waals surface area contributed by atoms with Crippen molar-refractivity contribution in [3.05, 3.63) is 88.8 Å². The average Bonchev–Trinajstić information content (AvgIpc) is 2.96. The van der Waals surface area contributed by atoms with E-state index in [2.05, 4.69) is 4.98 Å². The smallest absolute Gasteiger partial charge is 0.206 e. The van der Waals surface area contributed by atoms with E-state index in [1.807, 2.05) is 42.5 Å². The molecule has 1 aliphatic rings. The molecule has 0 saturated carbocycles. The molecule has 1 aromatic heterocycles. The normalized spacial score (nSPS) is 18.8. The van der Waals surface area contributed by atoms with Crippen LogP contribution in [0, 0.1) is 0 Å². The molecule has 0 saturated heterocycles. The Bertz CT molecular complexity index is 961. The van der Waals surface area contributed by atoms with E-state index < -0.39 is 5.66 Å². The third kappa shape index (κ3) is 2.05. The number of nitrogens with zero attached hydrogens (tertiary/aromatic N) is 3. The van der Waals surface area contributed by atoms with Crippen LogP contribution in [0.4, 0.5) is 5.69 Å². The van der Waals surface area contributed by atoms with Gasteiger partial charge in [-0.1, -0.05) is 30.3 Å². The quantitative estimate of drug-likeness (QED) is 0.704. The van der Waals surface area contributed by atoms with Crippen LogP contribution < -0.4 is 16.4 Å². The van der Waals surface area contributed by atoms with Gasteiger partial charge in [0.15, 0.2) is 0 Å². The second-order valence-corrected chi connectivity index (χ2v) is 5.40. The molecule has 0 aliphatic carbocycles. The molecule has 1 aliphatic heterocycles. The summed E-state index contributed by atoms with van der Waals surface area (Å²) < 4.78 is 0. The minimum Gasteiger partial charge on any atom is -0.507 e. The van der Waals surface area contributed by atoms with Crippen LogP contribution in [0.15, 0.2) is 77.0 Å². The molecule has 2 heterocycles. The topological polar surface area (TPSA) is 83.9 Å². The molecule has 0 fully saturated rings. The van der Waals surface area contributed by atoms with Crippen LogP contribution in [0.1, 0.15) is 11.1 Å². The number of hydrogen-bond donors (Lipinski definition) is 2. The molecule has 3 N–H and O–H groups in total. The van der Waals surface area contributed by atoms with Crippen molar-refractivity contribution in [2.24, 2.45) is 9.98 Å². The van der Waals surface area contributed by atoms with E-state index in [4.69, 9.17) is 15.7 Å². The van der Waals surface area contributed by atoms with Gasteiger partial charge in [-0.05, 0) is 24.3 Å². The molecule has 2 aromatic carbocycles. The van der Waals surface area contributed by atoms with Gasteiger partial charge in [-0.15, -0.1) is 0 Å². The fraction of sp³-hybridized carbons (Fsp3) is 0.0556. The highest BCUT2D eigenvalue weighted by molar-refractivity contribution is 5.49. The second kappa shape index (κ2) is 4.91. The number of hydrogen-bond acceptors (Lipinski definition) is 5. The van der Waals surface area contributed by atoms with Crippen LogP contribution in [0.3, 0.4) is 0 Å². The van der Waals surface area contributed by atoms with E-state index in [1.54, 1.807) is 24.5 Å². The summed E-state index contributed by atoms with van der Waals surface area (Å²) in [6.07, 6.45) is 3.36. The molecule has 5 nitrogen and oxygen atoms in total. The summed E-state index contributed by atoms with van der Waals surface area (Å²) in [5.74, 6) is 0.151. The van der Waals surface area contributed by atoms with E-state index in [0.717, 1.165) is 10.9 Å². The summed E-state index contributed by atoms with van der Waals surface area (Å²) in [6.45, 7) is 0. The number of aromatic hydroxyl groups is 1.